The zero-order valence-electron chi connectivity index (χ0n) is 12.0. The van der Waals surface area contributed by atoms with Crippen molar-refractivity contribution in [2.75, 3.05) is 26.9 Å². The van der Waals surface area contributed by atoms with Crippen LogP contribution >= 0.6 is 15.9 Å². The lowest BCUT2D eigenvalue weighted by Gasteiger charge is -2.18. The van der Waals surface area contributed by atoms with Crippen LogP contribution in [0.25, 0.3) is 0 Å². The molecular weight excluding hydrogens is 306 g/mol. The maximum atomic E-state index is 5.63. The molecule has 0 fully saturated rings. The predicted octanol–water partition coefficient (Wildman–Crippen LogP) is 3.93. The molecule has 19 heavy (non-hydrogen) atoms. The Morgan fingerprint density at radius 1 is 1.26 bits per heavy atom. The predicted molar refractivity (Wildman–Crippen MR) is 82.8 cm³/mol. The van der Waals surface area contributed by atoms with Gasteiger partial charge in [0.05, 0.1) is 11.1 Å². The fraction of sp³-hybridized carbons (Fsp3) is 0.600. The minimum absolute atomic E-state index is 0.407. The maximum absolute atomic E-state index is 5.63. The van der Waals surface area contributed by atoms with Crippen molar-refractivity contribution in [3.63, 3.8) is 0 Å². The first-order valence-electron chi connectivity index (χ1n) is 6.87. The normalized spacial score (nSPS) is 12.4. The van der Waals surface area contributed by atoms with Gasteiger partial charge in [0, 0.05) is 13.2 Å². The molecular formula is C15H24BrNO2. The third-order valence-corrected chi connectivity index (χ3v) is 3.57. The van der Waals surface area contributed by atoms with Gasteiger partial charge in [0.2, 0.25) is 0 Å². The molecule has 0 bridgehead atoms. The highest BCUT2D eigenvalue weighted by molar-refractivity contribution is 9.10. The van der Waals surface area contributed by atoms with Crippen LogP contribution in [0.5, 0.6) is 5.75 Å². The molecule has 0 aliphatic heterocycles. The van der Waals surface area contributed by atoms with Gasteiger partial charge in [0.1, 0.15) is 12.4 Å². The van der Waals surface area contributed by atoms with E-state index < -0.39 is 0 Å². The summed E-state index contributed by atoms with van der Waals surface area (Å²) in [5, 5.41) is 3.55. The maximum Gasteiger partial charge on any atom is 0.133 e. The van der Waals surface area contributed by atoms with E-state index in [1.165, 1.54) is 5.56 Å². The first kappa shape index (κ1) is 16.5. The van der Waals surface area contributed by atoms with Crippen LogP contribution < -0.4 is 10.1 Å². The van der Waals surface area contributed by atoms with E-state index in [4.69, 9.17) is 9.47 Å². The van der Waals surface area contributed by atoms with Gasteiger partial charge in [-0.3, -0.25) is 0 Å². The third kappa shape index (κ3) is 5.51. The number of halogens is 1. The molecule has 0 aliphatic carbocycles. The molecule has 0 radical (unpaired) electrons. The highest BCUT2D eigenvalue weighted by Crippen LogP contribution is 2.29. The quantitative estimate of drug-likeness (QED) is 0.696. The smallest absolute Gasteiger partial charge is 0.133 e. The van der Waals surface area contributed by atoms with E-state index in [9.17, 15) is 0 Å². The van der Waals surface area contributed by atoms with Gasteiger partial charge in [0.15, 0.2) is 0 Å². The standard InChI is InChI=1S/C15H24BrNO2/c1-4-8-17-14(5-2)12-6-7-15(13(16)11-12)19-10-9-18-3/h6-7,11,14,17H,4-5,8-10H2,1-3H3. The number of methoxy groups -OCH3 is 1. The Morgan fingerprint density at radius 3 is 2.63 bits per heavy atom. The lowest BCUT2D eigenvalue weighted by Crippen LogP contribution is -2.21. The van der Waals surface area contributed by atoms with Crippen LogP contribution in [0.4, 0.5) is 0 Å². The fourth-order valence-electron chi connectivity index (χ4n) is 1.90. The van der Waals surface area contributed by atoms with Crippen LogP contribution in [-0.2, 0) is 4.74 Å². The van der Waals surface area contributed by atoms with E-state index in [0.29, 0.717) is 19.3 Å². The van der Waals surface area contributed by atoms with Gasteiger partial charge in [-0.05, 0) is 53.0 Å². The van der Waals surface area contributed by atoms with Gasteiger partial charge in [0.25, 0.3) is 0 Å². The highest BCUT2D eigenvalue weighted by Gasteiger charge is 2.10. The van der Waals surface area contributed by atoms with Crippen LogP contribution in [0.3, 0.4) is 0 Å². The van der Waals surface area contributed by atoms with Gasteiger partial charge in [-0.25, -0.2) is 0 Å². The van der Waals surface area contributed by atoms with E-state index >= 15 is 0 Å². The summed E-state index contributed by atoms with van der Waals surface area (Å²) in [6.45, 7) is 6.60. The molecule has 0 saturated carbocycles. The minimum Gasteiger partial charge on any atom is -0.490 e. The number of hydrogen-bond acceptors (Lipinski definition) is 3. The fourth-order valence-corrected chi connectivity index (χ4v) is 2.41. The molecule has 0 amide bonds. The summed E-state index contributed by atoms with van der Waals surface area (Å²) in [5.41, 5.74) is 1.29. The molecule has 0 saturated heterocycles. The summed E-state index contributed by atoms with van der Waals surface area (Å²) in [5.74, 6) is 0.867. The molecule has 4 heteroatoms. The van der Waals surface area contributed by atoms with Crippen molar-refractivity contribution in [1.29, 1.82) is 0 Å². The van der Waals surface area contributed by atoms with Crippen molar-refractivity contribution in [1.82, 2.24) is 5.32 Å². The van der Waals surface area contributed by atoms with Crippen molar-refractivity contribution in [3.05, 3.63) is 28.2 Å². The van der Waals surface area contributed by atoms with Gasteiger partial charge < -0.3 is 14.8 Å². The lowest BCUT2D eigenvalue weighted by molar-refractivity contribution is 0.146. The molecule has 3 nitrogen and oxygen atoms in total. The van der Waals surface area contributed by atoms with E-state index in [2.05, 4.69) is 47.2 Å². The van der Waals surface area contributed by atoms with E-state index in [-0.39, 0.29) is 0 Å². The first-order chi connectivity index (χ1) is 9.22. The Balaban J connectivity index is 2.68. The summed E-state index contributed by atoms with van der Waals surface area (Å²) in [7, 11) is 1.67. The molecule has 0 aromatic heterocycles. The summed E-state index contributed by atoms with van der Waals surface area (Å²) in [6.07, 6.45) is 2.23. The highest BCUT2D eigenvalue weighted by atomic mass is 79.9. The second-order valence-electron chi connectivity index (χ2n) is 4.45. The van der Waals surface area contributed by atoms with E-state index in [1.54, 1.807) is 7.11 Å². The average molecular weight is 330 g/mol. The van der Waals surface area contributed by atoms with Crippen molar-refractivity contribution < 1.29 is 9.47 Å². The van der Waals surface area contributed by atoms with Crippen molar-refractivity contribution >= 4 is 15.9 Å². The molecule has 1 atom stereocenters. The second-order valence-corrected chi connectivity index (χ2v) is 5.30. The zero-order valence-corrected chi connectivity index (χ0v) is 13.6. The molecule has 1 aromatic rings. The Morgan fingerprint density at radius 2 is 2.05 bits per heavy atom. The average Bonchev–Trinajstić information content (AvgIpc) is 2.42. The third-order valence-electron chi connectivity index (χ3n) is 2.95. The van der Waals surface area contributed by atoms with Crippen LogP contribution in [0.15, 0.2) is 22.7 Å². The summed E-state index contributed by atoms with van der Waals surface area (Å²) >= 11 is 3.57. The monoisotopic (exact) mass is 329 g/mol. The lowest BCUT2D eigenvalue weighted by atomic mass is 10.0. The van der Waals surface area contributed by atoms with Gasteiger partial charge in [-0.15, -0.1) is 0 Å². The van der Waals surface area contributed by atoms with Gasteiger partial charge in [-0.2, -0.15) is 0 Å². The number of hydrogen-bond donors (Lipinski definition) is 1. The van der Waals surface area contributed by atoms with Crippen LogP contribution in [0.1, 0.15) is 38.3 Å². The molecule has 1 aromatic carbocycles. The Bertz CT molecular complexity index is 371. The van der Waals surface area contributed by atoms with Crippen molar-refractivity contribution in [2.45, 2.75) is 32.7 Å². The molecule has 108 valence electrons. The van der Waals surface area contributed by atoms with Gasteiger partial charge >= 0.3 is 0 Å². The van der Waals surface area contributed by atoms with Gasteiger partial charge in [-0.1, -0.05) is 19.9 Å². The topological polar surface area (TPSA) is 30.5 Å². The Labute approximate surface area is 124 Å². The number of benzene rings is 1. The summed E-state index contributed by atoms with van der Waals surface area (Å²) in [4.78, 5) is 0. The van der Waals surface area contributed by atoms with Crippen LogP contribution in [0.2, 0.25) is 0 Å². The molecule has 1 N–H and O–H groups in total. The van der Waals surface area contributed by atoms with Crippen LogP contribution in [-0.4, -0.2) is 26.9 Å². The molecule has 1 rings (SSSR count). The Kier molecular flexibility index (Phi) is 8.10. The zero-order chi connectivity index (χ0) is 14.1. The molecule has 0 heterocycles. The van der Waals surface area contributed by atoms with Crippen LogP contribution in [0, 0.1) is 0 Å². The number of nitrogens with one attached hydrogen (secondary N) is 1. The summed E-state index contributed by atoms with van der Waals surface area (Å²) < 4.78 is 11.6. The number of rotatable bonds is 9. The summed E-state index contributed by atoms with van der Waals surface area (Å²) in [6, 6.07) is 6.69. The Hall–Kier alpha value is -0.580. The van der Waals surface area contributed by atoms with Crippen molar-refractivity contribution in [2.24, 2.45) is 0 Å². The van der Waals surface area contributed by atoms with E-state index in [0.717, 1.165) is 29.6 Å². The van der Waals surface area contributed by atoms with E-state index in [1.807, 2.05) is 6.07 Å². The molecule has 1 unspecified atom stereocenters. The SMILES string of the molecule is CCCNC(CC)c1ccc(OCCOC)c(Br)c1. The first-order valence-corrected chi connectivity index (χ1v) is 7.66. The number of ether oxygens (including phenoxy) is 2. The minimum atomic E-state index is 0.407. The molecule has 0 spiro atoms. The van der Waals surface area contributed by atoms with Crippen molar-refractivity contribution in [3.8, 4) is 5.75 Å². The molecule has 0 aliphatic rings. The second kappa shape index (κ2) is 9.34. The largest absolute Gasteiger partial charge is 0.490 e.